The van der Waals surface area contributed by atoms with E-state index < -0.39 is 12.1 Å². The van der Waals surface area contributed by atoms with Crippen LogP contribution in [0.4, 0.5) is 13.2 Å². The molecule has 13 heavy (non-hydrogen) atoms. The second-order valence-electron chi connectivity index (χ2n) is 3.61. The first-order valence-corrected chi connectivity index (χ1v) is 4.36. The van der Waals surface area contributed by atoms with E-state index in [-0.39, 0.29) is 12.3 Å². The van der Waals surface area contributed by atoms with Crippen molar-refractivity contribution >= 4 is 0 Å². The van der Waals surface area contributed by atoms with E-state index in [1.807, 2.05) is 13.8 Å². The number of rotatable bonds is 1. The molecule has 0 spiro atoms. The molecule has 0 saturated heterocycles. The fourth-order valence-electron chi connectivity index (χ4n) is 1.32. The Kier molecular flexibility index (Phi) is 2.84. The summed E-state index contributed by atoms with van der Waals surface area (Å²) in [5.74, 6) is -1.11. The summed E-state index contributed by atoms with van der Waals surface area (Å²) >= 11 is 0. The molecule has 0 nitrogen and oxygen atoms in total. The summed E-state index contributed by atoms with van der Waals surface area (Å²) in [6, 6.07) is 0. The van der Waals surface area contributed by atoms with Crippen LogP contribution in [0.25, 0.3) is 0 Å². The van der Waals surface area contributed by atoms with Crippen LogP contribution in [0.5, 0.6) is 0 Å². The molecule has 1 aliphatic carbocycles. The third kappa shape index (κ3) is 2.61. The number of hydrogen-bond donors (Lipinski definition) is 0. The van der Waals surface area contributed by atoms with Crippen molar-refractivity contribution in [2.24, 2.45) is 11.8 Å². The molecule has 0 aromatic heterocycles. The van der Waals surface area contributed by atoms with Gasteiger partial charge in [-0.1, -0.05) is 32.1 Å². The predicted octanol–water partition coefficient (Wildman–Crippen LogP) is 3.71. The first-order chi connectivity index (χ1) is 5.91. The van der Waals surface area contributed by atoms with Gasteiger partial charge in [-0.2, -0.15) is 13.2 Å². The van der Waals surface area contributed by atoms with Crippen LogP contribution in [0.3, 0.4) is 0 Å². The molecular formula is C10H13F3. The quantitative estimate of drug-likeness (QED) is 0.591. The fraction of sp³-hybridized carbons (Fsp3) is 0.600. The van der Waals surface area contributed by atoms with Gasteiger partial charge in [0, 0.05) is 0 Å². The van der Waals surface area contributed by atoms with E-state index in [4.69, 9.17) is 0 Å². The van der Waals surface area contributed by atoms with Crippen LogP contribution in [0.1, 0.15) is 20.3 Å². The second-order valence-corrected chi connectivity index (χ2v) is 3.61. The molecule has 0 bridgehead atoms. The smallest absolute Gasteiger partial charge is 0.170 e. The van der Waals surface area contributed by atoms with Crippen molar-refractivity contribution < 1.29 is 13.2 Å². The van der Waals surface area contributed by atoms with E-state index in [2.05, 4.69) is 0 Å². The van der Waals surface area contributed by atoms with Crippen molar-refractivity contribution in [3.8, 4) is 0 Å². The zero-order valence-electron chi connectivity index (χ0n) is 7.73. The van der Waals surface area contributed by atoms with Crippen molar-refractivity contribution in [2.75, 3.05) is 0 Å². The summed E-state index contributed by atoms with van der Waals surface area (Å²) in [5.41, 5.74) is 0.786. The maximum atomic E-state index is 12.3. The van der Waals surface area contributed by atoms with Gasteiger partial charge in [0.15, 0.2) is 0 Å². The zero-order chi connectivity index (χ0) is 10.1. The standard InChI is InChI=1S/C10H13F3/c1-7(2)8-4-3-5-9(6-8)10(11,12)13/h3-4,6-7,9H,5H2,1-2H3. The highest BCUT2D eigenvalue weighted by Crippen LogP contribution is 2.34. The van der Waals surface area contributed by atoms with Crippen molar-refractivity contribution in [3.05, 3.63) is 23.8 Å². The van der Waals surface area contributed by atoms with Crippen LogP contribution in [-0.2, 0) is 0 Å². The Morgan fingerprint density at radius 3 is 2.46 bits per heavy atom. The van der Waals surface area contributed by atoms with Crippen LogP contribution in [0, 0.1) is 11.8 Å². The van der Waals surface area contributed by atoms with Crippen molar-refractivity contribution in [1.29, 1.82) is 0 Å². The highest BCUT2D eigenvalue weighted by Gasteiger charge is 2.38. The van der Waals surface area contributed by atoms with Gasteiger partial charge in [-0.3, -0.25) is 0 Å². The van der Waals surface area contributed by atoms with E-state index in [9.17, 15) is 13.2 Å². The summed E-state index contributed by atoms with van der Waals surface area (Å²) in [6.07, 6.45) is 0.718. The number of alkyl halides is 3. The lowest BCUT2D eigenvalue weighted by atomic mass is 9.90. The first-order valence-electron chi connectivity index (χ1n) is 4.36. The van der Waals surface area contributed by atoms with Gasteiger partial charge in [0.2, 0.25) is 0 Å². The average molecular weight is 190 g/mol. The summed E-state index contributed by atoms with van der Waals surface area (Å²) in [5, 5.41) is 0. The van der Waals surface area contributed by atoms with Crippen LogP contribution in [0.15, 0.2) is 23.8 Å². The number of allylic oxidation sites excluding steroid dienone is 4. The van der Waals surface area contributed by atoms with Crippen LogP contribution in [0.2, 0.25) is 0 Å². The van der Waals surface area contributed by atoms with Crippen molar-refractivity contribution in [2.45, 2.75) is 26.4 Å². The van der Waals surface area contributed by atoms with Gasteiger partial charge >= 0.3 is 6.18 Å². The molecule has 0 aromatic rings. The van der Waals surface area contributed by atoms with E-state index in [0.717, 1.165) is 5.57 Å². The summed E-state index contributed by atoms with van der Waals surface area (Å²) in [4.78, 5) is 0. The molecule has 1 unspecified atom stereocenters. The van der Waals surface area contributed by atoms with Crippen LogP contribution < -0.4 is 0 Å². The molecular weight excluding hydrogens is 177 g/mol. The zero-order valence-corrected chi connectivity index (χ0v) is 7.73. The Labute approximate surface area is 76.1 Å². The molecule has 1 atom stereocenters. The van der Waals surface area contributed by atoms with E-state index in [0.29, 0.717) is 0 Å². The molecule has 0 saturated carbocycles. The maximum absolute atomic E-state index is 12.3. The molecule has 74 valence electrons. The lowest BCUT2D eigenvalue weighted by molar-refractivity contribution is -0.160. The molecule has 0 heterocycles. The van der Waals surface area contributed by atoms with Gasteiger partial charge in [-0.15, -0.1) is 0 Å². The molecule has 0 aromatic carbocycles. The minimum atomic E-state index is -4.09. The number of hydrogen-bond acceptors (Lipinski definition) is 0. The highest BCUT2D eigenvalue weighted by molar-refractivity contribution is 5.26. The Hall–Kier alpha value is -0.730. The maximum Gasteiger partial charge on any atom is 0.395 e. The first kappa shape index (κ1) is 10.4. The number of halogens is 3. The normalized spacial score (nSPS) is 23.5. The molecule has 0 fully saturated rings. The van der Waals surface area contributed by atoms with E-state index in [1.165, 1.54) is 6.08 Å². The summed E-state index contributed by atoms with van der Waals surface area (Å²) in [7, 11) is 0. The monoisotopic (exact) mass is 190 g/mol. The minimum absolute atomic E-state index is 0.0831. The third-order valence-corrected chi connectivity index (χ3v) is 2.18. The summed E-state index contributed by atoms with van der Waals surface area (Å²) < 4.78 is 36.9. The fourth-order valence-corrected chi connectivity index (χ4v) is 1.32. The minimum Gasteiger partial charge on any atom is -0.170 e. The average Bonchev–Trinajstić information content (AvgIpc) is 2.03. The third-order valence-electron chi connectivity index (χ3n) is 2.18. The largest absolute Gasteiger partial charge is 0.395 e. The van der Waals surface area contributed by atoms with Gasteiger partial charge in [-0.25, -0.2) is 0 Å². The predicted molar refractivity (Wildman–Crippen MR) is 46.2 cm³/mol. The molecule has 1 aliphatic rings. The molecule has 0 aliphatic heterocycles. The van der Waals surface area contributed by atoms with Gasteiger partial charge in [0.1, 0.15) is 0 Å². The van der Waals surface area contributed by atoms with Gasteiger partial charge in [-0.05, 0) is 17.9 Å². The van der Waals surface area contributed by atoms with Crippen molar-refractivity contribution in [3.63, 3.8) is 0 Å². The van der Waals surface area contributed by atoms with Gasteiger partial charge < -0.3 is 0 Å². The molecule has 0 amide bonds. The lowest BCUT2D eigenvalue weighted by Gasteiger charge is -2.21. The molecule has 3 heteroatoms. The second kappa shape index (κ2) is 3.56. The SMILES string of the molecule is CC(C)C1=CC(C(F)(F)F)CC=C1. The van der Waals surface area contributed by atoms with E-state index >= 15 is 0 Å². The molecule has 0 radical (unpaired) electrons. The van der Waals surface area contributed by atoms with Gasteiger partial charge in [0.05, 0.1) is 5.92 Å². The van der Waals surface area contributed by atoms with Crippen molar-refractivity contribution in [1.82, 2.24) is 0 Å². The Morgan fingerprint density at radius 2 is 2.00 bits per heavy atom. The van der Waals surface area contributed by atoms with Crippen LogP contribution in [-0.4, -0.2) is 6.18 Å². The van der Waals surface area contributed by atoms with E-state index in [1.54, 1.807) is 12.2 Å². The molecule has 0 N–H and O–H groups in total. The molecule has 1 rings (SSSR count). The van der Waals surface area contributed by atoms with Gasteiger partial charge in [0.25, 0.3) is 0 Å². The highest BCUT2D eigenvalue weighted by atomic mass is 19.4. The summed E-state index contributed by atoms with van der Waals surface area (Å²) in [6.45, 7) is 3.80. The Morgan fingerprint density at radius 1 is 1.38 bits per heavy atom. The van der Waals surface area contributed by atoms with Crippen LogP contribution >= 0.6 is 0 Å². The topological polar surface area (TPSA) is 0 Å². The lowest BCUT2D eigenvalue weighted by Crippen LogP contribution is -2.22. The Balaban J connectivity index is 2.79. The Bertz CT molecular complexity index is 233.